The van der Waals surface area contributed by atoms with Crippen LogP contribution in [0.2, 0.25) is 0 Å². The Kier molecular flexibility index (Phi) is 4.16. The van der Waals surface area contributed by atoms with Crippen molar-refractivity contribution < 1.29 is 0 Å². The summed E-state index contributed by atoms with van der Waals surface area (Å²) in [5.74, 6) is 0. The summed E-state index contributed by atoms with van der Waals surface area (Å²) in [4.78, 5) is 0. The molecule has 0 amide bonds. The summed E-state index contributed by atoms with van der Waals surface area (Å²) in [5.41, 5.74) is 3.51. The van der Waals surface area contributed by atoms with E-state index in [1.54, 1.807) is 0 Å². The molecule has 0 bridgehead atoms. The molecular weight excluding hydrogens is 189 g/mol. The molecule has 0 heterocycles. The quantitative estimate of drug-likeness (QED) is 0.747. The number of allylic oxidation sites excluding steroid dienone is 1. The molecule has 14 heavy (non-hydrogen) atoms. The van der Waals surface area contributed by atoms with Crippen LogP contribution in [0.4, 0.5) is 5.69 Å². The van der Waals surface area contributed by atoms with Crippen LogP contribution in [0.25, 0.3) is 0 Å². The summed E-state index contributed by atoms with van der Waals surface area (Å²) in [7, 11) is 2.70. The van der Waals surface area contributed by atoms with Gasteiger partial charge in [-0.15, -0.1) is 9.24 Å². The summed E-state index contributed by atoms with van der Waals surface area (Å²) in [6.07, 6.45) is 2.16. The van der Waals surface area contributed by atoms with Crippen LogP contribution in [-0.2, 0) is 0 Å². The molecular formula is C12H18NP. The highest BCUT2D eigenvalue weighted by atomic mass is 31.0. The molecule has 0 aromatic heterocycles. The fraction of sp³-hybridized carbons (Fsp3) is 0.333. The third-order valence-electron chi connectivity index (χ3n) is 2.11. The van der Waals surface area contributed by atoms with Crippen molar-refractivity contribution in [1.82, 2.24) is 0 Å². The second kappa shape index (κ2) is 5.17. The second-order valence-electron chi connectivity index (χ2n) is 3.55. The first-order valence-corrected chi connectivity index (χ1v) is 5.52. The van der Waals surface area contributed by atoms with Crippen molar-refractivity contribution in [3.63, 3.8) is 0 Å². The molecule has 0 fully saturated rings. The van der Waals surface area contributed by atoms with Gasteiger partial charge in [0.2, 0.25) is 0 Å². The highest BCUT2D eigenvalue weighted by Crippen LogP contribution is 2.16. The lowest BCUT2D eigenvalue weighted by molar-refractivity contribution is 0.913. The van der Waals surface area contributed by atoms with Crippen molar-refractivity contribution in [2.24, 2.45) is 0 Å². The molecule has 0 aliphatic rings. The Morgan fingerprint density at radius 1 is 1.50 bits per heavy atom. The van der Waals surface area contributed by atoms with Gasteiger partial charge < -0.3 is 5.32 Å². The number of hydrogen-bond donors (Lipinski definition) is 1. The van der Waals surface area contributed by atoms with E-state index in [2.05, 4.69) is 53.2 Å². The molecule has 0 aliphatic heterocycles. The molecule has 0 radical (unpaired) electrons. The molecule has 1 aromatic rings. The lowest BCUT2D eigenvalue weighted by Gasteiger charge is -2.11. The third kappa shape index (κ3) is 3.16. The molecule has 1 rings (SSSR count). The average molecular weight is 207 g/mol. The maximum Gasteiger partial charge on any atom is 0.0411 e. The van der Waals surface area contributed by atoms with Crippen molar-refractivity contribution in [2.45, 2.75) is 26.7 Å². The fourth-order valence-electron chi connectivity index (χ4n) is 1.38. The molecule has 1 atom stereocenters. The van der Waals surface area contributed by atoms with E-state index in [0.29, 0.717) is 0 Å². The Labute approximate surface area is 88.8 Å². The van der Waals surface area contributed by atoms with Crippen LogP contribution in [0.5, 0.6) is 0 Å². The van der Waals surface area contributed by atoms with E-state index in [9.17, 15) is 0 Å². The SMILES string of the molecule is C=C(CCC)Nc1ccc(P)cc1C. The highest BCUT2D eigenvalue weighted by Gasteiger charge is 1.98. The molecule has 1 N–H and O–H groups in total. The maximum atomic E-state index is 3.99. The molecule has 1 unspecified atom stereocenters. The van der Waals surface area contributed by atoms with Crippen LogP contribution in [0, 0.1) is 6.92 Å². The fourth-order valence-corrected chi connectivity index (χ4v) is 1.73. The average Bonchev–Trinajstić information content (AvgIpc) is 2.10. The van der Waals surface area contributed by atoms with Gasteiger partial charge in [0.15, 0.2) is 0 Å². The van der Waals surface area contributed by atoms with Gasteiger partial charge in [-0.05, 0) is 30.3 Å². The van der Waals surface area contributed by atoms with Crippen LogP contribution in [-0.4, -0.2) is 0 Å². The van der Waals surface area contributed by atoms with Crippen molar-refractivity contribution >= 4 is 20.2 Å². The normalized spacial score (nSPS) is 9.93. The predicted octanol–water partition coefficient (Wildman–Crippen LogP) is 3.22. The first kappa shape index (κ1) is 11.3. The van der Waals surface area contributed by atoms with Crippen LogP contribution >= 0.6 is 9.24 Å². The van der Waals surface area contributed by atoms with Gasteiger partial charge in [-0.1, -0.05) is 32.1 Å². The van der Waals surface area contributed by atoms with Gasteiger partial charge in [0.25, 0.3) is 0 Å². The van der Waals surface area contributed by atoms with Crippen molar-refractivity contribution in [3.8, 4) is 0 Å². The molecule has 0 spiro atoms. The monoisotopic (exact) mass is 207 g/mol. The van der Waals surface area contributed by atoms with Crippen LogP contribution in [0.15, 0.2) is 30.5 Å². The van der Waals surface area contributed by atoms with Gasteiger partial charge in [0.1, 0.15) is 0 Å². The molecule has 1 nitrogen and oxygen atoms in total. The maximum absolute atomic E-state index is 3.99. The van der Waals surface area contributed by atoms with E-state index in [4.69, 9.17) is 0 Å². The number of benzene rings is 1. The van der Waals surface area contributed by atoms with E-state index in [0.717, 1.165) is 24.2 Å². The van der Waals surface area contributed by atoms with Gasteiger partial charge in [0, 0.05) is 11.4 Å². The Bertz CT molecular complexity index is 331. The van der Waals surface area contributed by atoms with Crippen LogP contribution in [0.1, 0.15) is 25.3 Å². The number of aryl methyl sites for hydroxylation is 1. The molecule has 76 valence electrons. The van der Waals surface area contributed by atoms with E-state index in [1.807, 2.05) is 0 Å². The first-order chi connectivity index (χ1) is 6.63. The lowest BCUT2D eigenvalue weighted by Crippen LogP contribution is -2.01. The zero-order chi connectivity index (χ0) is 10.6. The zero-order valence-corrected chi connectivity index (χ0v) is 10.1. The molecule has 0 saturated heterocycles. The smallest absolute Gasteiger partial charge is 0.0411 e. The number of hydrogen-bond acceptors (Lipinski definition) is 1. The number of nitrogens with one attached hydrogen (secondary N) is 1. The number of anilines is 1. The van der Waals surface area contributed by atoms with Crippen LogP contribution in [0.3, 0.4) is 0 Å². The topological polar surface area (TPSA) is 12.0 Å². The third-order valence-corrected chi connectivity index (χ3v) is 2.47. The standard InChI is InChI=1S/C12H18NP/c1-4-5-10(3)13-12-7-6-11(14)8-9(12)2/h6-8,13H,3-5,14H2,1-2H3. The Morgan fingerprint density at radius 3 is 2.79 bits per heavy atom. The Hall–Kier alpha value is -0.810. The Morgan fingerprint density at radius 2 is 2.21 bits per heavy atom. The van der Waals surface area contributed by atoms with Crippen molar-refractivity contribution in [3.05, 3.63) is 36.0 Å². The highest BCUT2D eigenvalue weighted by molar-refractivity contribution is 7.27. The minimum atomic E-state index is 1.03. The van der Waals surface area contributed by atoms with Gasteiger partial charge in [-0.3, -0.25) is 0 Å². The summed E-state index contributed by atoms with van der Waals surface area (Å²) < 4.78 is 0. The first-order valence-electron chi connectivity index (χ1n) is 4.94. The van der Waals surface area contributed by atoms with E-state index < -0.39 is 0 Å². The predicted molar refractivity (Wildman–Crippen MR) is 68.2 cm³/mol. The van der Waals surface area contributed by atoms with Gasteiger partial charge in [-0.2, -0.15) is 0 Å². The van der Waals surface area contributed by atoms with Gasteiger partial charge in [-0.25, -0.2) is 0 Å². The molecule has 1 aromatic carbocycles. The van der Waals surface area contributed by atoms with Crippen molar-refractivity contribution in [1.29, 1.82) is 0 Å². The zero-order valence-electron chi connectivity index (χ0n) is 8.93. The van der Waals surface area contributed by atoms with Crippen LogP contribution < -0.4 is 10.6 Å². The largest absolute Gasteiger partial charge is 0.359 e. The van der Waals surface area contributed by atoms with Crippen molar-refractivity contribution in [2.75, 3.05) is 5.32 Å². The summed E-state index contributed by atoms with van der Waals surface area (Å²) in [5, 5.41) is 4.55. The molecule has 0 saturated carbocycles. The molecule has 0 aliphatic carbocycles. The van der Waals surface area contributed by atoms with Gasteiger partial charge >= 0.3 is 0 Å². The summed E-state index contributed by atoms with van der Waals surface area (Å²) in [6, 6.07) is 6.32. The lowest BCUT2D eigenvalue weighted by atomic mass is 10.2. The minimum absolute atomic E-state index is 1.03. The Balaban J connectivity index is 2.72. The minimum Gasteiger partial charge on any atom is -0.359 e. The van der Waals surface area contributed by atoms with Gasteiger partial charge in [0.05, 0.1) is 0 Å². The van der Waals surface area contributed by atoms with E-state index >= 15 is 0 Å². The summed E-state index contributed by atoms with van der Waals surface area (Å²) >= 11 is 0. The summed E-state index contributed by atoms with van der Waals surface area (Å²) in [6.45, 7) is 8.25. The molecule has 2 heteroatoms. The van der Waals surface area contributed by atoms with E-state index in [-0.39, 0.29) is 0 Å². The second-order valence-corrected chi connectivity index (χ2v) is 4.22. The van der Waals surface area contributed by atoms with E-state index in [1.165, 1.54) is 10.9 Å². The number of rotatable bonds is 4.